The van der Waals surface area contributed by atoms with Crippen molar-refractivity contribution in [2.75, 3.05) is 19.0 Å². The number of carbonyl (C=O) groups excluding carboxylic acids is 2. The third-order valence-corrected chi connectivity index (χ3v) is 9.61. The summed E-state index contributed by atoms with van der Waals surface area (Å²) in [5.74, 6) is -2.05. The highest BCUT2D eigenvalue weighted by Gasteiger charge is 2.46. The Morgan fingerprint density at radius 3 is 1.74 bits per heavy atom. The van der Waals surface area contributed by atoms with Crippen LogP contribution in [-0.4, -0.2) is 96.0 Å². The van der Waals surface area contributed by atoms with Crippen molar-refractivity contribution in [3.05, 3.63) is 12.2 Å². The maximum atomic E-state index is 12.7. The van der Waals surface area contributed by atoms with Crippen LogP contribution in [0.1, 0.15) is 155 Å². The molecule has 1 rings (SSSR count). The molecule has 50 heavy (non-hydrogen) atoms. The van der Waals surface area contributed by atoms with E-state index in [-0.39, 0.29) is 19.4 Å². The van der Waals surface area contributed by atoms with Gasteiger partial charge < -0.3 is 34.3 Å². The lowest BCUT2D eigenvalue weighted by Gasteiger charge is -2.40. The number of aliphatic hydroxyl groups excluding tert-OH is 3. The molecule has 0 aromatic carbocycles. The molecule has 1 heterocycles. The molecule has 0 spiro atoms. The summed E-state index contributed by atoms with van der Waals surface area (Å²) in [7, 11) is -4.59. The quantitative estimate of drug-likeness (QED) is 0.0269. The van der Waals surface area contributed by atoms with E-state index in [2.05, 4.69) is 19.9 Å². The highest BCUT2D eigenvalue weighted by Crippen LogP contribution is 2.24. The van der Waals surface area contributed by atoms with E-state index in [1.807, 2.05) is 6.08 Å². The van der Waals surface area contributed by atoms with Crippen LogP contribution in [0.25, 0.3) is 0 Å². The van der Waals surface area contributed by atoms with Crippen LogP contribution in [0.5, 0.6) is 0 Å². The fourth-order valence-corrected chi connectivity index (χ4v) is 6.50. The highest BCUT2D eigenvalue weighted by molar-refractivity contribution is 7.85. The summed E-state index contributed by atoms with van der Waals surface area (Å²) in [6.45, 7) is 3.65. The van der Waals surface area contributed by atoms with E-state index < -0.39 is 71.2 Å². The van der Waals surface area contributed by atoms with E-state index in [4.69, 9.17) is 18.9 Å². The third kappa shape index (κ3) is 23.8. The number of hydrogen-bond donors (Lipinski definition) is 4. The summed E-state index contributed by atoms with van der Waals surface area (Å²) in [4.78, 5) is 25.1. The Balaban J connectivity index is 2.52. The molecule has 2 unspecified atom stereocenters. The van der Waals surface area contributed by atoms with Gasteiger partial charge in [-0.2, -0.15) is 8.42 Å². The van der Waals surface area contributed by atoms with Crippen molar-refractivity contribution in [1.82, 2.24) is 0 Å². The van der Waals surface area contributed by atoms with Crippen LogP contribution in [-0.2, 0) is 38.7 Å². The van der Waals surface area contributed by atoms with Gasteiger partial charge in [0.05, 0.1) is 6.61 Å². The fraction of sp³-hybridized carbons (Fsp3) is 0.892. The first kappa shape index (κ1) is 46.4. The second kappa shape index (κ2) is 28.9. The summed E-state index contributed by atoms with van der Waals surface area (Å²) in [5, 5.41) is 30.7. The Kier molecular flexibility index (Phi) is 26.8. The molecule has 1 aliphatic heterocycles. The zero-order valence-electron chi connectivity index (χ0n) is 30.8. The second-order valence-corrected chi connectivity index (χ2v) is 15.1. The molecule has 0 radical (unpaired) electrons. The van der Waals surface area contributed by atoms with Gasteiger partial charge in [-0.05, 0) is 25.7 Å². The predicted octanol–water partition coefficient (Wildman–Crippen LogP) is 6.33. The lowest BCUT2D eigenvalue weighted by atomic mass is 10.00. The van der Waals surface area contributed by atoms with Gasteiger partial charge in [0.2, 0.25) is 0 Å². The molecule has 13 heteroatoms. The van der Waals surface area contributed by atoms with Crippen molar-refractivity contribution >= 4 is 22.1 Å². The molecular formula is C37H68O12S. The van der Waals surface area contributed by atoms with Crippen molar-refractivity contribution in [3.63, 3.8) is 0 Å². The number of aliphatic hydroxyl groups is 3. The maximum absolute atomic E-state index is 12.7. The van der Waals surface area contributed by atoms with Crippen molar-refractivity contribution in [2.24, 2.45) is 0 Å². The molecule has 1 aliphatic rings. The van der Waals surface area contributed by atoms with Gasteiger partial charge in [0.25, 0.3) is 10.1 Å². The Labute approximate surface area is 301 Å². The Morgan fingerprint density at radius 1 is 0.660 bits per heavy atom. The third-order valence-electron chi connectivity index (χ3n) is 8.86. The van der Waals surface area contributed by atoms with E-state index >= 15 is 0 Å². The topological polar surface area (TPSA) is 186 Å². The number of rotatable bonds is 31. The Bertz CT molecular complexity index is 1000. The average Bonchev–Trinajstić information content (AvgIpc) is 3.07. The number of unbranched alkanes of at least 4 members (excludes halogenated alkanes) is 17. The minimum absolute atomic E-state index is 0.0845. The number of hydrogen-bond acceptors (Lipinski definition) is 11. The predicted molar refractivity (Wildman–Crippen MR) is 192 cm³/mol. The first-order valence-corrected chi connectivity index (χ1v) is 20.9. The van der Waals surface area contributed by atoms with E-state index in [1.54, 1.807) is 0 Å². The van der Waals surface area contributed by atoms with Crippen molar-refractivity contribution < 1.29 is 56.8 Å². The minimum Gasteiger partial charge on any atom is -0.462 e. The van der Waals surface area contributed by atoms with Gasteiger partial charge in [0, 0.05) is 12.8 Å². The van der Waals surface area contributed by atoms with Crippen LogP contribution in [0.3, 0.4) is 0 Å². The Morgan fingerprint density at radius 2 is 1.18 bits per heavy atom. The average molecular weight is 737 g/mol. The highest BCUT2D eigenvalue weighted by atomic mass is 32.2. The van der Waals surface area contributed by atoms with E-state index in [0.717, 1.165) is 38.5 Å². The molecular weight excluding hydrogens is 668 g/mol. The summed E-state index contributed by atoms with van der Waals surface area (Å²) < 4.78 is 53.6. The van der Waals surface area contributed by atoms with Crippen LogP contribution >= 0.6 is 0 Å². The molecule has 294 valence electrons. The number of carbonyl (C=O) groups is 2. The normalized spacial score (nSPS) is 21.8. The molecule has 0 bridgehead atoms. The van der Waals surface area contributed by atoms with Crippen molar-refractivity contribution in [2.45, 2.75) is 192 Å². The fourth-order valence-electron chi connectivity index (χ4n) is 5.81. The molecule has 0 aromatic rings. The zero-order valence-corrected chi connectivity index (χ0v) is 31.6. The van der Waals surface area contributed by atoms with Gasteiger partial charge in [-0.3, -0.25) is 14.1 Å². The summed E-state index contributed by atoms with van der Waals surface area (Å²) in [5.41, 5.74) is 0. The number of esters is 2. The molecule has 12 nitrogen and oxygen atoms in total. The van der Waals surface area contributed by atoms with Gasteiger partial charge >= 0.3 is 11.9 Å². The van der Waals surface area contributed by atoms with Crippen LogP contribution in [0.4, 0.5) is 0 Å². The lowest BCUT2D eigenvalue weighted by molar-refractivity contribution is -0.297. The summed E-state index contributed by atoms with van der Waals surface area (Å²) in [6.07, 6.45) is 17.4. The van der Waals surface area contributed by atoms with Crippen LogP contribution in [0.15, 0.2) is 12.2 Å². The second-order valence-electron chi connectivity index (χ2n) is 13.6. The smallest absolute Gasteiger partial charge is 0.306 e. The molecule has 0 aliphatic carbocycles. The zero-order chi connectivity index (χ0) is 37.0. The van der Waals surface area contributed by atoms with Gasteiger partial charge in [0.15, 0.2) is 12.4 Å². The SMILES string of the molecule is CCCCCCCCCCCCC/C=C/CCC(=O)O[C@H](COC(=O)CCCCCCCCC)CO[C@H]1O[C@H](CS(=O)(=O)O)[C@@H](O)C(O)C1O. The molecule has 4 N–H and O–H groups in total. The molecule has 1 fully saturated rings. The van der Waals surface area contributed by atoms with E-state index in [1.165, 1.54) is 77.0 Å². The van der Waals surface area contributed by atoms with E-state index in [0.29, 0.717) is 12.8 Å². The van der Waals surface area contributed by atoms with Crippen LogP contribution in [0.2, 0.25) is 0 Å². The standard InChI is InChI=1S/C37H68O12S/c1-3-5-7-9-11-12-13-14-15-16-17-18-20-22-24-26-33(39)48-30(27-46-32(38)25-23-21-19-10-8-6-4-2)28-47-37-36(42)35(41)34(40)31(49-37)29-50(43,44)45/h20,22,30-31,34-37,40-42H,3-19,21,23-29H2,1-2H3,(H,43,44,45)/b22-20+/t30-,31-,34-,35?,36?,37+/m1/s1. The van der Waals surface area contributed by atoms with Gasteiger partial charge in [-0.25, -0.2) is 0 Å². The number of allylic oxidation sites excluding steroid dienone is 2. The first-order valence-electron chi connectivity index (χ1n) is 19.2. The van der Waals surface area contributed by atoms with Gasteiger partial charge in [-0.1, -0.05) is 129 Å². The maximum Gasteiger partial charge on any atom is 0.306 e. The van der Waals surface area contributed by atoms with E-state index in [9.17, 15) is 37.9 Å². The molecule has 1 saturated heterocycles. The largest absolute Gasteiger partial charge is 0.462 e. The molecule has 0 amide bonds. The van der Waals surface area contributed by atoms with Crippen molar-refractivity contribution in [3.8, 4) is 0 Å². The first-order chi connectivity index (χ1) is 24.0. The Hall–Kier alpha value is -1.61. The minimum atomic E-state index is -4.59. The summed E-state index contributed by atoms with van der Waals surface area (Å²) >= 11 is 0. The molecule has 0 saturated carbocycles. The molecule has 0 aromatic heterocycles. The lowest BCUT2D eigenvalue weighted by Crippen LogP contribution is -2.60. The summed E-state index contributed by atoms with van der Waals surface area (Å²) in [6, 6.07) is 0. The van der Waals surface area contributed by atoms with Crippen LogP contribution < -0.4 is 0 Å². The van der Waals surface area contributed by atoms with Gasteiger partial charge in [-0.15, -0.1) is 0 Å². The van der Waals surface area contributed by atoms with Crippen molar-refractivity contribution in [1.29, 1.82) is 0 Å². The number of ether oxygens (including phenoxy) is 4. The molecule has 6 atom stereocenters. The van der Waals surface area contributed by atoms with Crippen LogP contribution in [0, 0.1) is 0 Å². The van der Waals surface area contributed by atoms with Gasteiger partial charge in [0.1, 0.15) is 36.8 Å². The monoisotopic (exact) mass is 736 g/mol.